The van der Waals surface area contributed by atoms with Crippen molar-refractivity contribution in [2.45, 2.75) is 11.8 Å². The number of nitrogens with one attached hydrogen (secondary N) is 1. The van der Waals surface area contributed by atoms with Crippen molar-refractivity contribution < 1.29 is 13.2 Å². The molecule has 1 fully saturated rings. The minimum Gasteiger partial charge on any atom is -0.351 e. The van der Waals surface area contributed by atoms with Crippen LogP contribution >= 0.6 is 12.4 Å². The number of carbonyl (C=O) groups is 1. The molecule has 0 bridgehead atoms. The topological polar surface area (TPSA) is 69.7 Å². The third kappa shape index (κ3) is 6.24. The van der Waals surface area contributed by atoms with Gasteiger partial charge in [0.05, 0.1) is 4.90 Å². The lowest BCUT2D eigenvalue weighted by Gasteiger charge is -2.34. The second-order valence-electron chi connectivity index (χ2n) is 8.26. The largest absolute Gasteiger partial charge is 0.351 e. The van der Waals surface area contributed by atoms with Gasteiger partial charge in [-0.15, -0.1) is 12.4 Å². The van der Waals surface area contributed by atoms with Gasteiger partial charge in [-0.05, 0) is 42.3 Å². The Morgan fingerprint density at radius 2 is 1.41 bits per heavy atom. The van der Waals surface area contributed by atoms with Crippen LogP contribution in [0.15, 0.2) is 83.8 Å². The van der Waals surface area contributed by atoms with Gasteiger partial charge in [-0.25, -0.2) is 8.42 Å². The number of aryl methyl sites for hydroxylation is 1. The number of hydrogen-bond donors (Lipinski definition) is 1. The van der Waals surface area contributed by atoms with E-state index in [0.717, 1.165) is 16.7 Å². The molecule has 3 aromatic carbocycles. The highest BCUT2D eigenvalue weighted by Gasteiger charge is 2.28. The normalized spacial score (nSPS) is 14.9. The van der Waals surface area contributed by atoms with Gasteiger partial charge in [0.15, 0.2) is 0 Å². The summed E-state index contributed by atoms with van der Waals surface area (Å²) in [5.41, 5.74) is 3.86. The first-order valence-electron chi connectivity index (χ1n) is 11.2. The van der Waals surface area contributed by atoms with Crippen LogP contribution in [0.25, 0.3) is 11.1 Å². The maximum absolute atomic E-state index is 12.8. The van der Waals surface area contributed by atoms with Crippen LogP contribution in [0.2, 0.25) is 0 Å². The van der Waals surface area contributed by atoms with Crippen molar-refractivity contribution in [1.82, 2.24) is 14.5 Å². The number of halogens is 1. The van der Waals surface area contributed by atoms with Gasteiger partial charge < -0.3 is 5.32 Å². The number of sulfonamides is 1. The molecule has 1 amide bonds. The molecule has 3 aromatic rings. The molecule has 4 rings (SSSR count). The maximum atomic E-state index is 12.8. The van der Waals surface area contributed by atoms with E-state index in [1.165, 1.54) is 0 Å². The minimum atomic E-state index is -3.46. The Hall–Kier alpha value is -2.71. The molecule has 1 aliphatic heterocycles. The standard InChI is InChI=1S/C26H29N3O3S.ClH/c1-21-7-13-25(14-8-21)33(31,32)29-19-17-28(18-20-29)16-15-27-26(30)24-11-9-23(10-12-24)22-5-3-2-4-6-22;/h2-14H,15-20H2,1H3,(H,27,30);1H. The van der Waals surface area contributed by atoms with Crippen LogP contribution in [0.1, 0.15) is 15.9 Å². The first kappa shape index (κ1) is 25.9. The summed E-state index contributed by atoms with van der Waals surface area (Å²) in [5, 5.41) is 2.97. The molecule has 0 aromatic heterocycles. The second kappa shape index (κ2) is 11.6. The van der Waals surface area contributed by atoms with Crippen molar-refractivity contribution in [3.05, 3.63) is 90.0 Å². The van der Waals surface area contributed by atoms with Crippen LogP contribution in [-0.4, -0.2) is 62.8 Å². The Labute approximate surface area is 208 Å². The monoisotopic (exact) mass is 499 g/mol. The highest BCUT2D eigenvalue weighted by Crippen LogP contribution is 2.20. The molecule has 1 N–H and O–H groups in total. The fourth-order valence-corrected chi connectivity index (χ4v) is 5.35. The Morgan fingerprint density at radius 1 is 0.824 bits per heavy atom. The third-order valence-corrected chi connectivity index (χ3v) is 7.87. The Morgan fingerprint density at radius 3 is 2.03 bits per heavy atom. The van der Waals surface area contributed by atoms with Crippen LogP contribution < -0.4 is 5.32 Å². The van der Waals surface area contributed by atoms with E-state index in [1.807, 2.05) is 73.7 Å². The number of nitrogens with zero attached hydrogens (tertiary/aromatic N) is 2. The zero-order chi connectivity index (χ0) is 23.3. The van der Waals surface area contributed by atoms with E-state index >= 15 is 0 Å². The molecular weight excluding hydrogens is 470 g/mol. The van der Waals surface area contributed by atoms with E-state index in [4.69, 9.17) is 0 Å². The third-order valence-electron chi connectivity index (χ3n) is 5.96. The molecule has 0 radical (unpaired) electrons. The van der Waals surface area contributed by atoms with Gasteiger partial charge in [-0.1, -0.05) is 60.2 Å². The van der Waals surface area contributed by atoms with Gasteiger partial charge in [0.25, 0.3) is 5.91 Å². The Bertz CT molecular complexity index is 1180. The fourth-order valence-electron chi connectivity index (χ4n) is 3.93. The second-order valence-corrected chi connectivity index (χ2v) is 10.2. The van der Waals surface area contributed by atoms with Crippen LogP contribution in [0.5, 0.6) is 0 Å². The number of piperazine rings is 1. The number of hydrogen-bond acceptors (Lipinski definition) is 4. The molecule has 1 heterocycles. The number of benzene rings is 3. The van der Waals surface area contributed by atoms with Crippen molar-refractivity contribution >= 4 is 28.3 Å². The van der Waals surface area contributed by atoms with Crippen molar-refractivity contribution in [2.24, 2.45) is 0 Å². The summed E-state index contributed by atoms with van der Waals surface area (Å²) in [4.78, 5) is 15.0. The highest BCUT2D eigenvalue weighted by atomic mass is 35.5. The van der Waals surface area contributed by atoms with Gasteiger partial charge in [0.1, 0.15) is 0 Å². The first-order chi connectivity index (χ1) is 15.9. The van der Waals surface area contributed by atoms with Crippen LogP contribution in [0, 0.1) is 6.92 Å². The summed E-state index contributed by atoms with van der Waals surface area (Å²) in [6.45, 7) is 5.33. The zero-order valence-corrected chi connectivity index (χ0v) is 20.8. The molecule has 0 aliphatic carbocycles. The summed E-state index contributed by atoms with van der Waals surface area (Å²) in [6, 6.07) is 24.6. The summed E-state index contributed by atoms with van der Waals surface area (Å²) in [7, 11) is -3.46. The number of rotatable bonds is 7. The minimum absolute atomic E-state index is 0. The first-order valence-corrected chi connectivity index (χ1v) is 12.6. The van der Waals surface area contributed by atoms with Crippen molar-refractivity contribution in [2.75, 3.05) is 39.3 Å². The Balaban J connectivity index is 0.00000324. The van der Waals surface area contributed by atoms with E-state index in [1.54, 1.807) is 16.4 Å². The lowest BCUT2D eigenvalue weighted by molar-refractivity contribution is 0.0945. The van der Waals surface area contributed by atoms with E-state index < -0.39 is 10.0 Å². The molecule has 180 valence electrons. The van der Waals surface area contributed by atoms with E-state index in [-0.39, 0.29) is 18.3 Å². The molecule has 34 heavy (non-hydrogen) atoms. The van der Waals surface area contributed by atoms with Crippen LogP contribution in [0.3, 0.4) is 0 Å². The SMILES string of the molecule is Cc1ccc(S(=O)(=O)N2CCN(CCNC(=O)c3ccc(-c4ccccc4)cc3)CC2)cc1.Cl. The molecule has 8 heteroatoms. The predicted octanol–water partition coefficient (Wildman–Crippen LogP) is 3.82. The summed E-state index contributed by atoms with van der Waals surface area (Å²) < 4.78 is 27.2. The number of carbonyl (C=O) groups excluding carboxylic acids is 1. The smallest absolute Gasteiger partial charge is 0.251 e. The molecule has 6 nitrogen and oxygen atoms in total. The lowest BCUT2D eigenvalue weighted by Crippen LogP contribution is -2.50. The number of amides is 1. The molecule has 0 spiro atoms. The molecular formula is C26H30ClN3O3S. The summed E-state index contributed by atoms with van der Waals surface area (Å²) in [5.74, 6) is -0.102. The van der Waals surface area contributed by atoms with E-state index in [2.05, 4.69) is 10.2 Å². The van der Waals surface area contributed by atoms with E-state index in [0.29, 0.717) is 49.7 Å². The lowest BCUT2D eigenvalue weighted by atomic mass is 10.0. The predicted molar refractivity (Wildman–Crippen MR) is 138 cm³/mol. The van der Waals surface area contributed by atoms with Gasteiger partial charge >= 0.3 is 0 Å². The van der Waals surface area contributed by atoms with E-state index in [9.17, 15) is 13.2 Å². The maximum Gasteiger partial charge on any atom is 0.251 e. The van der Waals surface area contributed by atoms with Crippen molar-refractivity contribution in [3.8, 4) is 11.1 Å². The molecule has 1 aliphatic rings. The van der Waals surface area contributed by atoms with Gasteiger partial charge in [-0.3, -0.25) is 9.69 Å². The summed E-state index contributed by atoms with van der Waals surface area (Å²) in [6.07, 6.45) is 0. The van der Waals surface area contributed by atoms with Crippen LogP contribution in [0.4, 0.5) is 0 Å². The van der Waals surface area contributed by atoms with Gasteiger partial charge in [0.2, 0.25) is 10.0 Å². The quantitative estimate of drug-likeness (QED) is 0.536. The molecule has 0 unspecified atom stereocenters. The summed E-state index contributed by atoms with van der Waals surface area (Å²) >= 11 is 0. The average Bonchev–Trinajstić information content (AvgIpc) is 2.85. The zero-order valence-electron chi connectivity index (χ0n) is 19.2. The van der Waals surface area contributed by atoms with Gasteiger partial charge in [0, 0.05) is 44.8 Å². The fraction of sp³-hybridized carbons (Fsp3) is 0.269. The Kier molecular flexibility index (Phi) is 8.85. The average molecular weight is 500 g/mol. The van der Waals surface area contributed by atoms with Crippen molar-refractivity contribution in [3.63, 3.8) is 0 Å². The molecule has 1 saturated heterocycles. The van der Waals surface area contributed by atoms with Crippen LogP contribution in [-0.2, 0) is 10.0 Å². The highest BCUT2D eigenvalue weighted by molar-refractivity contribution is 7.89. The molecule has 0 saturated carbocycles. The van der Waals surface area contributed by atoms with Crippen molar-refractivity contribution in [1.29, 1.82) is 0 Å². The molecule has 0 atom stereocenters. The van der Waals surface area contributed by atoms with Gasteiger partial charge in [-0.2, -0.15) is 4.31 Å².